The Morgan fingerprint density at radius 1 is 0.737 bits per heavy atom. The summed E-state index contributed by atoms with van der Waals surface area (Å²) in [6, 6.07) is 17.8. The summed E-state index contributed by atoms with van der Waals surface area (Å²) in [6.07, 6.45) is 0. The summed E-state index contributed by atoms with van der Waals surface area (Å²) < 4.78 is 0. The van der Waals surface area contributed by atoms with Gasteiger partial charge in [0, 0.05) is 5.54 Å². The molecule has 0 heterocycles. The van der Waals surface area contributed by atoms with E-state index in [1.165, 1.54) is 11.1 Å². The third kappa shape index (κ3) is 3.17. The van der Waals surface area contributed by atoms with Gasteiger partial charge in [-0.05, 0) is 22.3 Å². The van der Waals surface area contributed by atoms with Gasteiger partial charge in [0.15, 0.2) is 0 Å². The molecule has 0 aliphatic heterocycles. The zero-order valence-electron chi connectivity index (χ0n) is 11.0. The van der Waals surface area contributed by atoms with Crippen molar-refractivity contribution in [1.82, 2.24) is 0 Å². The molecule has 0 atom stereocenters. The van der Waals surface area contributed by atoms with E-state index in [4.69, 9.17) is 0 Å². The first kappa shape index (κ1) is 19.0. The summed E-state index contributed by atoms with van der Waals surface area (Å²) in [5, 5.41) is 0. The van der Waals surface area contributed by atoms with Crippen LogP contribution in [-0.2, 0) is 21.7 Å². The number of rotatable bonds is 1. The van der Waals surface area contributed by atoms with Crippen LogP contribution in [0.4, 0.5) is 0 Å². The van der Waals surface area contributed by atoms with E-state index in [1.807, 2.05) is 0 Å². The van der Waals surface area contributed by atoms with Crippen LogP contribution in [0.5, 0.6) is 0 Å². The smallest absolute Gasteiger partial charge is 1.00 e. The van der Waals surface area contributed by atoms with Crippen molar-refractivity contribution in [1.29, 1.82) is 0 Å². The summed E-state index contributed by atoms with van der Waals surface area (Å²) in [7, 11) is -0.336. The zero-order chi connectivity index (χ0) is 11.1. The minimum absolute atomic E-state index is 0. The van der Waals surface area contributed by atoms with Crippen LogP contribution < -0.4 is 24.8 Å². The van der Waals surface area contributed by atoms with Crippen molar-refractivity contribution in [2.24, 2.45) is 0 Å². The van der Waals surface area contributed by atoms with Gasteiger partial charge in [-0.2, -0.15) is 0 Å². The van der Waals surface area contributed by atoms with Crippen molar-refractivity contribution < 1.29 is 46.5 Å². The molecule has 3 rings (SSSR count). The molecule has 97 valence electrons. The maximum atomic E-state index is 2.41. The van der Waals surface area contributed by atoms with Crippen LogP contribution in [0.1, 0.15) is 16.7 Å². The molecule has 1 radical (unpaired) electrons. The van der Waals surface area contributed by atoms with E-state index >= 15 is 0 Å². The molecule has 0 amide bonds. The SMILES string of the molecule is C[Si](C)C1c2ccccc2-c2ccccc21.[Cl-].[Cl-].[Ti+2]. The van der Waals surface area contributed by atoms with Crippen LogP contribution in [0.3, 0.4) is 0 Å². The van der Waals surface area contributed by atoms with Gasteiger partial charge in [0.25, 0.3) is 0 Å². The zero-order valence-corrected chi connectivity index (χ0v) is 15.0. The van der Waals surface area contributed by atoms with E-state index in [0.29, 0.717) is 5.54 Å². The van der Waals surface area contributed by atoms with Crippen LogP contribution in [0.2, 0.25) is 13.1 Å². The Labute approximate surface area is 144 Å². The molecule has 2 aromatic rings. The van der Waals surface area contributed by atoms with E-state index in [0.717, 1.165) is 0 Å². The Kier molecular flexibility index (Phi) is 7.64. The van der Waals surface area contributed by atoms with Crippen LogP contribution in [0, 0.1) is 0 Å². The number of benzene rings is 2. The van der Waals surface area contributed by atoms with Crippen LogP contribution >= 0.6 is 0 Å². The fourth-order valence-corrected chi connectivity index (χ4v) is 4.53. The van der Waals surface area contributed by atoms with Gasteiger partial charge < -0.3 is 24.8 Å². The van der Waals surface area contributed by atoms with Gasteiger partial charge in [-0.15, -0.1) is 0 Å². The molecule has 0 spiro atoms. The summed E-state index contributed by atoms with van der Waals surface area (Å²) in [5.41, 5.74) is 6.67. The molecule has 0 N–H and O–H groups in total. The molecule has 0 aromatic heterocycles. The minimum Gasteiger partial charge on any atom is -1.00 e. The number of halogens is 2. The van der Waals surface area contributed by atoms with Gasteiger partial charge in [0.05, 0.1) is 8.80 Å². The summed E-state index contributed by atoms with van der Waals surface area (Å²) in [4.78, 5) is 0. The molecule has 0 bridgehead atoms. The molecule has 0 saturated heterocycles. The Bertz CT molecular complexity index is 498. The number of hydrogen-bond donors (Lipinski definition) is 0. The Balaban J connectivity index is 0.00000108. The van der Waals surface area contributed by atoms with E-state index in [1.54, 1.807) is 11.1 Å². The second kappa shape index (κ2) is 7.66. The monoisotopic (exact) mass is 341 g/mol. The molecule has 1 aliphatic rings. The molecule has 4 heteroatoms. The first-order chi connectivity index (χ1) is 7.79. The van der Waals surface area contributed by atoms with Crippen molar-refractivity contribution in [3.63, 3.8) is 0 Å². The first-order valence-corrected chi connectivity index (χ1v) is 8.35. The summed E-state index contributed by atoms with van der Waals surface area (Å²) in [5.74, 6) is 0. The second-order valence-electron chi connectivity index (χ2n) is 4.68. The molecule has 0 unspecified atom stereocenters. The maximum Gasteiger partial charge on any atom is 2.00 e. The summed E-state index contributed by atoms with van der Waals surface area (Å²) >= 11 is 0. The largest absolute Gasteiger partial charge is 2.00 e. The van der Waals surface area contributed by atoms with Crippen LogP contribution in [-0.4, -0.2) is 8.80 Å². The van der Waals surface area contributed by atoms with Crippen molar-refractivity contribution in [3.8, 4) is 11.1 Å². The van der Waals surface area contributed by atoms with E-state index in [2.05, 4.69) is 61.6 Å². The van der Waals surface area contributed by atoms with Gasteiger partial charge in [0.2, 0.25) is 0 Å². The number of hydrogen-bond acceptors (Lipinski definition) is 0. The molecular weight excluding hydrogens is 327 g/mol. The van der Waals surface area contributed by atoms with Crippen molar-refractivity contribution in [2.75, 3.05) is 0 Å². The molecule has 0 saturated carbocycles. The third-order valence-corrected chi connectivity index (χ3v) is 5.19. The second-order valence-corrected chi connectivity index (χ2v) is 7.42. The molecule has 0 fully saturated rings. The van der Waals surface area contributed by atoms with E-state index < -0.39 is 0 Å². The van der Waals surface area contributed by atoms with Crippen molar-refractivity contribution in [2.45, 2.75) is 18.6 Å². The van der Waals surface area contributed by atoms with Gasteiger partial charge in [-0.3, -0.25) is 0 Å². The van der Waals surface area contributed by atoms with Crippen molar-refractivity contribution in [3.05, 3.63) is 59.7 Å². The predicted octanol–water partition coefficient (Wildman–Crippen LogP) is -1.90. The fourth-order valence-electron chi connectivity index (χ4n) is 2.78. The molecule has 0 nitrogen and oxygen atoms in total. The van der Waals surface area contributed by atoms with E-state index in [-0.39, 0.29) is 55.3 Å². The average Bonchev–Trinajstić information content (AvgIpc) is 2.63. The van der Waals surface area contributed by atoms with Gasteiger partial charge in [0.1, 0.15) is 0 Å². The van der Waals surface area contributed by atoms with E-state index in [9.17, 15) is 0 Å². The minimum atomic E-state index is -0.336. The topological polar surface area (TPSA) is 0 Å². The number of fused-ring (bicyclic) bond motifs is 3. The van der Waals surface area contributed by atoms with Gasteiger partial charge >= 0.3 is 21.7 Å². The van der Waals surface area contributed by atoms with Crippen LogP contribution in [0.15, 0.2) is 48.5 Å². The molecular formula is C15H15Cl2SiTi. The average molecular weight is 342 g/mol. The predicted molar refractivity (Wildman–Crippen MR) is 71.2 cm³/mol. The quantitative estimate of drug-likeness (QED) is 0.531. The molecule has 2 aromatic carbocycles. The molecule has 19 heavy (non-hydrogen) atoms. The van der Waals surface area contributed by atoms with Gasteiger partial charge in [-0.25, -0.2) is 0 Å². The fraction of sp³-hybridized carbons (Fsp3) is 0.200. The Morgan fingerprint density at radius 2 is 1.11 bits per heavy atom. The Morgan fingerprint density at radius 3 is 1.47 bits per heavy atom. The maximum absolute atomic E-state index is 2.41. The van der Waals surface area contributed by atoms with Crippen LogP contribution in [0.25, 0.3) is 11.1 Å². The summed E-state index contributed by atoms with van der Waals surface area (Å²) in [6.45, 7) is 4.82. The first-order valence-electron chi connectivity index (χ1n) is 5.77. The molecule has 1 aliphatic carbocycles. The van der Waals surface area contributed by atoms with Crippen molar-refractivity contribution >= 4 is 8.80 Å². The van der Waals surface area contributed by atoms with Gasteiger partial charge in [-0.1, -0.05) is 61.6 Å². The standard InChI is InChI=1S/C15H15Si.2ClH.Ti/c1-16(2)15-13-9-5-3-7-11(13)12-8-4-6-10-14(12)15;;;/h3-10,15H,1-2H3;2*1H;/q;;;+2/p-2. The Hall–Kier alpha value is -0.0488. The normalized spacial score (nSPS) is 11.7. The third-order valence-electron chi connectivity index (χ3n) is 3.41.